The second-order valence-electron chi connectivity index (χ2n) is 5.90. The zero-order chi connectivity index (χ0) is 13.0. The molecule has 2 rings (SSSR count). The number of hydrogen-bond acceptors (Lipinski definition) is 4. The summed E-state index contributed by atoms with van der Waals surface area (Å²) in [4.78, 5) is 4.64. The van der Waals surface area contributed by atoms with E-state index in [1.165, 1.54) is 24.4 Å². The molecule has 1 fully saturated rings. The van der Waals surface area contributed by atoms with E-state index in [4.69, 9.17) is 4.74 Å². The van der Waals surface area contributed by atoms with Crippen molar-refractivity contribution < 1.29 is 4.74 Å². The highest BCUT2D eigenvalue weighted by molar-refractivity contribution is 8.14. The highest BCUT2D eigenvalue weighted by Crippen LogP contribution is 2.27. The van der Waals surface area contributed by atoms with Crippen LogP contribution in [0.15, 0.2) is 4.99 Å². The summed E-state index contributed by atoms with van der Waals surface area (Å²) in [6, 6.07) is 0.526. The average Bonchev–Trinajstić information content (AvgIpc) is 2.76. The third-order valence-corrected chi connectivity index (χ3v) is 4.92. The molecule has 0 amide bonds. The Labute approximate surface area is 115 Å². The average molecular weight is 270 g/mol. The lowest BCUT2D eigenvalue weighted by molar-refractivity contribution is 0.0583. The first-order chi connectivity index (χ1) is 8.65. The molecule has 0 aromatic carbocycles. The highest BCUT2D eigenvalue weighted by Gasteiger charge is 2.25. The number of amidine groups is 1. The molecule has 2 atom stereocenters. The summed E-state index contributed by atoms with van der Waals surface area (Å²) in [5, 5.41) is 5.46. The molecule has 0 aromatic rings. The van der Waals surface area contributed by atoms with E-state index in [0.29, 0.717) is 11.3 Å². The molecule has 0 bridgehead atoms. The molecular weight excluding hydrogens is 244 g/mol. The van der Waals surface area contributed by atoms with Gasteiger partial charge in [0.05, 0.1) is 6.54 Å². The summed E-state index contributed by atoms with van der Waals surface area (Å²) in [5.41, 5.74) is 0. The number of aliphatic imine (C=N–C) groups is 1. The first-order valence-corrected chi connectivity index (χ1v) is 8.08. The Morgan fingerprint density at radius 1 is 1.33 bits per heavy atom. The minimum atomic E-state index is 0.526. The monoisotopic (exact) mass is 270 g/mol. The van der Waals surface area contributed by atoms with Crippen molar-refractivity contribution in [1.29, 1.82) is 0 Å². The number of thioether (sulfide) groups is 1. The van der Waals surface area contributed by atoms with Gasteiger partial charge in [-0.15, -0.1) is 0 Å². The van der Waals surface area contributed by atoms with E-state index in [1.807, 2.05) is 11.8 Å². The zero-order valence-corrected chi connectivity index (χ0v) is 12.6. The Morgan fingerprint density at radius 2 is 2.06 bits per heavy atom. The Hall–Kier alpha value is -0.220. The van der Waals surface area contributed by atoms with Crippen molar-refractivity contribution in [3.05, 3.63) is 0 Å². The van der Waals surface area contributed by atoms with E-state index in [-0.39, 0.29) is 0 Å². The molecule has 1 N–H and O–H groups in total. The second kappa shape index (κ2) is 6.80. The van der Waals surface area contributed by atoms with Gasteiger partial charge in [-0.05, 0) is 38.0 Å². The van der Waals surface area contributed by atoms with Crippen LogP contribution < -0.4 is 5.32 Å². The van der Waals surface area contributed by atoms with Crippen molar-refractivity contribution in [3.8, 4) is 0 Å². The Balaban J connectivity index is 1.73. The Kier molecular flexibility index (Phi) is 5.37. The Morgan fingerprint density at radius 3 is 2.72 bits per heavy atom. The van der Waals surface area contributed by atoms with Gasteiger partial charge in [-0.25, -0.2) is 0 Å². The van der Waals surface area contributed by atoms with Crippen molar-refractivity contribution in [2.45, 2.75) is 51.3 Å². The molecule has 0 saturated carbocycles. The number of ether oxygens (including phenoxy) is 1. The predicted molar refractivity (Wildman–Crippen MR) is 79.3 cm³/mol. The van der Waals surface area contributed by atoms with Crippen LogP contribution in [0.4, 0.5) is 0 Å². The van der Waals surface area contributed by atoms with Gasteiger partial charge in [0.25, 0.3) is 0 Å². The summed E-state index contributed by atoms with van der Waals surface area (Å²) in [5.74, 6) is 1.51. The minimum absolute atomic E-state index is 0.526. The van der Waals surface area contributed by atoms with E-state index in [9.17, 15) is 0 Å². The summed E-state index contributed by atoms with van der Waals surface area (Å²) in [6.45, 7) is 9.70. The van der Waals surface area contributed by atoms with Crippen LogP contribution in [-0.4, -0.2) is 36.2 Å². The zero-order valence-electron chi connectivity index (χ0n) is 11.8. The SMILES string of the molecule is CC(C)CC1CN=C(NC(C)C2CCOCC2)S1. The lowest BCUT2D eigenvalue weighted by Gasteiger charge is -2.28. The second-order valence-corrected chi connectivity index (χ2v) is 7.19. The number of hydrogen-bond donors (Lipinski definition) is 1. The Bertz CT molecular complexity index is 288. The van der Waals surface area contributed by atoms with E-state index in [1.54, 1.807) is 0 Å². The van der Waals surface area contributed by atoms with Gasteiger partial charge < -0.3 is 10.1 Å². The lowest BCUT2D eigenvalue weighted by atomic mass is 9.93. The van der Waals surface area contributed by atoms with E-state index in [0.717, 1.165) is 31.6 Å². The molecule has 4 heteroatoms. The maximum absolute atomic E-state index is 5.42. The normalized spacial score (nSPS) is 27.3. The molecule has 3 nitrogen and oxygen atoms in total. The summed E-state index contributed by atoms with van der Waals surface area (Å²) in [6.07, 6.45) is 3.63. The number of nitrogens with one attached hydrogen (secondary N) is 1. The van der Waals surface area contributed by atoms with E-state index in [2.05, 4.69) is 31.1 Å². The summed E-state index contributed by atoms with van der Waals surface area (Å²) in [7, 11) is 0. The van der Waals surface area contributed by atoms with Gasteiger partial charge in [0.15, 0.2) is 5.17 Å². The molecule has 2 aliphatic rings. The summed E-state index contributed by atoms with van der Waals surface area (Å²) < 4.78 is 5.42. The third kappa shape index (κ3) is 4.16. The largest absolute Gasteiger partial charge is 0.381 e. The van der Waals surface area contributed by atoms with Gasteiger partial charge in [0.2, 0.25) is 0 Å². The highest BCUT2D eigenvalue weighted by atomic mass is 32.2. The first-order valence-electron chi connectivity index (χ1n) is 7.20. The smallest absolute Gasteiger partial charge is 0.157 e. The van der Waals surface area contributed by atoms with Crippen LogP contribution >= 0.6 is 11.8 Å². The predicted octanol–water partition coefficient (Wildman–Crippen LogP) is 2.91. The number of rotatable bonds is 4. The molecule has 0 radical (unpaired) electrons. The van der Waals surface area contributed by atoms with Crippen molar-refractivity contribution in [3.63, 3.8) is 0 Å². The van der Waals surface area contributed by atoms with Gasteiger partial charge in [0.1, 0.15) is 0 Å². The van der Waals surface area contributed by atoms with Crippen LogP contribution in [-0.2, 0) is 4.74 Å². The molecule has 18 heavy (non-hydrogen) atoms. The molecule has 0 aliphatic carbocycles. The third-order valence-electron chi connectivity index (χ3n) is 3.78. The van der Waals surface area contributed by atoms with Crippen molar-refractivity contribution in [2.75, 3.05) is 19.8 Å². The molecule has 0 aromatic heterocycles. The topological polar surface area (TPSA) is 33.6 Å². The van der Waals surface area contributed by atoms with Gasteiger partial charge >= 0.3 is 0 Å². The maximum Gasteiger partial charge on any atom is 0.157 e. The van der Waals surface area contributed by atoms with Crippen LogP contribution in [0.3, 0.4) is 0 Å². The fourth-order valence-electron chi connectivity index (χ4n) is 2.67. The van der Waals surface area contributed by atoms with Crippen LogP contribution in [0.5, 0.6) is 0 Å². The van der Waals surface area contributed by atoms with Crippen molar-refractivity contribution in [2.24, 2.45) is 16.8 Å². The van der Waals surface area contributed by atoms with Crippen molar-refractivity contribution in [1.82, 2.24) is 5.32 Å². The van der Waals surface area contributed by atoms with Crippen LogP contribution in [0, 0.1) is 11.8 Å². The van der Waals surface area contributed by atoms with Crippen LogP contribution in [0.1, 0.15) is 40.0 Å². The lowest BCUT2D eigenvalue weighted by Crippen LogP contribution is -2.38. The van der Waals surface area contributed by atoms with Gasteiger partial charge in [-0.3, -0.25) is 4.99 Å². The fraction of sp³-hybridized carbons (Fsp3) is 0.929. The van der Waals surface area contributed by atoms with Crippen LogP contribution in [0.2, 0.25) is 0 Å². The molecule has 0 spiro atoms. The molecular formula is C14H26N2OS. The van der Waals surface area contributed by atoms with Crippen molar-refractivity contribution >= 4 is 16.9 Å². The van der Waals surface area contributed by atoms with Gasteiger partial charge in [-0.2, -0.15) is 0 Å². The molecule has 1 saturated heterocycles. The quantitative estimate of drug-likeness (QED) is 0.853. The summed E-state index contributed by atoms with van der Waals surface area (Å²) >= 11 is 1.94. The van der Waals surface area contributed by atoms with Gasteiger partial charge in [0, 0.05) is 24.5 Å². The molecule has 2 aliphatic heterocycles. The molecule has 2 heterocycles. The molecule has 2 unspecified atom stereocenters. The molecule has 104 valence electrons. The van der Waals surface area contributed by atoms with E-state index >= 15 is 0 Å². The first kappa shape index (κ1) is 14.2. The number of nitrogens with zero attached hydrogens (tertiary/aromatic N) is 1. The van der Waals surface area contributed by atoms with Crippen LogP contribution in [0.25, 0.3) is 0 Å². The maximum atomic E-state index is 5.42. The minimum Gasteiger partial charge on any atom is -0.381 e. The van der Waals surface area contributed by atoms with Gasteiger partial charge in [-0.1, -0.05) is 25.6 Å². The standard InChI is InChI=1S/C14H26N2OS/c1-10(2)8-13-9-15-14(18-13)16-11(3)12-4-6-17-7-5-12/h10-13H,4-9H2,1-3H3,(H,15,16). The fourth-order valence-corrected chi connectivity index (χ4v) is 4.02. The van der Waals surface area contributed by atoms with E-state index < -0.39 is 0 Å².